The van der Waals surface area contributed by atoms with Gasteiger partial charge in [0.2, 0.25) is 0 Å². The fourth-order valence-corrected chi connectivity index (χ4v) is 2.15. The van der Waals surface area contributed by atoms with Crippen LogP contribution >= 0.6 is 0 Å². The second-order valence-corrected chi connectivity index (χ2v) is 6.47. The second kappa shape index (κ2) is 3.98. The van der Waals surface area contributed by atoms with E-state index in [1.54, 1.807) is 0 Å². The second-order valence-electron chi connectivity index (χ2n) is 6.47. The Bertz CT molecular complexity index is 518. The zero-order valence-corrected chi connectivity index (χ0v) is 12.0. The maximum absolute atomic E-state index is 13.0. The molecule has 2 heterocycles. The van der Waals surface area contributed by atoms with E-state index in [0.717, 1.165) is 0 Å². The van der Waals surface area contributed by atoms with E-state index in [-0.39, 0.29) is 6.42 Å². The first kappa shape index (κ1) is 13.9. The highest BCUT2D eigenvalue weighted by atomic mass is 19.3. The molecule has 1 aliphatic heterocycles. The van der Waals surface area contributed by atoms with E-state index in [9.17, 15) is 8.78 Å². The SMILES string of the molecule is CC1(C)OB(c2cnc(C3CC3(F)F)cn2)OC1(C)C. The van der Waals surface area contributed by atoms with E-state index < -0.39 is 30.2 Å². The lowest BCUT2D eigenvalue weighted by atomic mass is 9.85. The number of nitrogens with zero attached hydrogens (tertiary/aromatic N) is 2. The van der Waals surface area contributed by atoms with Crippen molar-refractivity contribution in [3.8, 4) is 0 Å². The maximum atomic E-state index is 13.0. The van der Waals surface area contributed by atoms with Gasteiger partial charge in [0.15, 0.2) is 0 Å². The van der Waals surface area contributed by atoms with Gasteiger partial charge in [-0.25, -0.2) is 8.78 Å². The first-order chi connectivity index (χ1) is 9.12. The number of aromatic nitrogens is 2. The molecule has 7 heteroatoms. The molecule has 1 saturated heterocycles. The third kappa shape index (κ3) is 2.13. The van der Waals surface area contributed by atoms with E-state index in [0.29, 0.717) is 11.3 Å². The highest BCUT2D eigenvalue weighted by Gasteiger charge is 2.59. The van der Waals surface area contributed by atoms with Crippen LogP contribution in [0.2, 0.25) is 0 Å². The Morgan fingerprint density at radius 1 is 1.10 bits per heavy atom. The third-order valence-electron chi connectivity index (χ3n) is 4.37. The molecule has 2 aliphatic rings. The molecular formula is C13H17BF2N2O2. The van der Waals surface area contributed by atoms with E-state index in [1.807, 2.05) is 27.7 Å². The molecule has 4 nitrogen and oxygen atoms in total. The summed E-state index contributed by atoms with van der Waals surface area (Å²) in [5.74, 6) is -3.41. The summed E-state index contributed by atoms with van der Waals surface area (Å²) >= 11 is 0. The van der Waals surface area contributed by atoms with E-state index >= 15 is 0 Å². The molecule has 2 fully saturated rings. The van der Waals surface area contributed by atoms with Crippen LogP contribution in [0.1, 0.15) is 45.7 Å². The van der Waals surface area contributed by atoms with Gasteiger partial charge in [0.1, 0.15) is 0 Å². The van der Waals surface area contributed by atoms with Crippen LogP contribution < -0.4 is 5.59 Å². The van der Waals surface area contributed by atoms with Crippen LogP contribution in [-0.4, -0.2) is 34.2 Å². The van der Waals surface area contributed by atoms with Gasteiger partial charge in [-0.1, -0.05) is 0 Å². The van der Waals surface area contributed by atoms with Gasteiger partial charge in [0.05, 0.1) is 28.4 Å². The van der Waals surface area contributed by atoms with Crippen LogP contribution in [-0.2, 0) is 9.31 Å². The van der Waals surface area contributed by atoms with Gasteiger partial charge in [0.25, 0.3) is 5.92 Å². The zero-order valence-electron chi connectivity index (χ0n) is 12.0. The molecule has 1 saturated carbocycles. The van der Waals surface area contributed by atoms with Crippen molar-refractivity contribution < 1.29 is 18.1 Å². The maximum Gasteiger partial charge on any atom is 0.516 e. The minimum atomic E-state index is -2.62. The van der Waals surface area contributed by atoms with Gasteiger partial charge in [0, 0.05) is 18.8 Å². The summed E-state index contributed by atoms with van der Waals surface area (Å²) in [6.45, 7) is 7.78. The Kier molecular flexibility index (Phi) is 2.76. The summed E-state index contributed by atoms with van der Waals surface area (Å²) in [5.41, 5.74) is -0.0741. The van der Waals surface area contributed by atoms with Crippen molar-refractivity contribution in [2.45, 2.75) is 57.2 Å². The van der Waals surface area contributed by atoms with Gasteiger partial charge < -0.3 is 9.31 Å². The van der Waals surface area contributed by atoms with Crippen molar-refractivity contribution in [1.29, 1.82) is 0 Å². The minimum Gasteiger partial charge on any atom is -0.398 e. The molecule has 1 aromatic rings. The lowest BCUT2D eigenvalue weighted by Crippen LogP contribution is -2.41. The van der Waals surface area contributed by atoms with Crippen molar-refractivity contribution in [2.24, 2.45) is 0 Å². The van der Waals surface area contributed by atoms with E-state index in [4.69, 9.17) is 9.31 Å². The van der Waals surface area contributed by atoms with Crippen molar-refractivity contribution in [1.82, 2.24) is 9.97 Å². The normalized spacial score (nSPS) is 29.5. The predicted molar refractivity (Wildman–Crippen MR) is 70.1 cm³/mol. The topological polar surface area (TPSA) is 44.2 Å². The van der Waals surface area contributed by atoms with Crippen molar-refractivity contribution >= 4 is 12.7 Å². The molecule has 0 radical (unpaired) electrons. The van der Waals surface area contributed by atoms with Crippen LogP contribution in [0.15, 0.2) is 12.4 Å². The lowest BCUT2D eigenvalue weighted by Gasteiger charge is -2.32. The summed E-state index contributed by atoms with van der Waals surface area (Å²) in [6, 6.07) is 0. The first-order valence-corrected chi connectivity index (χ1v) is 6.68. The smallest absolute Gasteiger partial charge is 0.398 e. The number of alkyl halides is 2. The quantitative estimate of drug-likeness (QED) is 0.777. The number of halogens is 2. The third-order valence-corrected chi connectivity index (χ3v) is 4.37. The number of rotatable bonds is 2. The molecule has 0 N–H and O–H groups in total. The Morgan fingerprint density at radius 2 is 1.65 bits per heavy atom. The molecule has 1 atom stereocenters. The number of hydrogen-bond donors (Lipinski definition) is 0. The molecule has 3 rings (SSSR count). The Hall–Kier alpha value is -1.08. The molecule has 0 aromatic carbocycles. The highest BCUT2D eigenvalue weighted by Crippen LogP contribution is 2.54. The van der Waals surface area contributed by atoms with Crippen LogP contribution in [0.4, 0.5) is 8.78 Å². The first-order valence-electron chi connectivity index (χ1n) is 6.68. The Labute approximate surface area is 117 Å². The van der Waals surface area contributed by atoms with Crippen molar-refractivity contribution in [3.05, 3.63) is 18.1 Å². The lowest BCUT2D eigenvalue weighted by molar-refractivity contribution is 0.00578. The van der Waals surface area contributed by atoms with Crippen molar-refractivity contribution in [2.75, 3.05) is 0 Å². The molecule has 0 bridgehead atoms. The van der Waals surface area contributed by atoms with Crippen LogP contribution in [0.5, 0.6) is 0 Å². The molecule has 20 heavy (non-hydrogen) atoms. The predicted octanol–water partition coefficient (Wildman–Crippen LogP) is 1.90. The molecular weight excluding hydrogens is 265 g/mol. The van der Waals surface area contributed by atoms with E-state index in [2.05, 4.69) is 9.97 Å². The number of hydrogen-bond acceptors (Lipinski definition) is 4. The van der Waals surface area contributed by atoms with Gasteiger partial charge in [-0.15, -0.1) is 0 Å². The summed E-state index contributed by atoms with van der Waals surface area (Å²) < 4.78 is 37.6. The van der Waals surface area contributed by atoms with Gasteiger partial charge in [-0.3, -0.25) is 9.97 Å². The summed E-state index contributed by atoms with van der Waals surface area (Å²) in [5, 5.41) is 0. The van der Waals surface area contributed by atoms with Crippen LogP contribution in [0.25, 0.3) is 0 Å². The monoisotopic (exact) mass is 282 g/mol. The van der Waals surface area contributed by atoms with Gasteiger partial charge in [-0.05, 0) is 27.7 Å². The van der Waals surface area contributed by atoms with Crippen LogP contribution in [0, 0.1) is 0 Å². The summed E-state index contributed by atoms with van der Waals surface area (Å²) in [4.78, 5) is 8.25. The summed E-state index contributed by atoms with van der Waals surface area (Å²) in [6.07, 6.45) is 2.72. The highest BCUT2D eigenvalue weighted by molar-refractivity contribution is 6.61. The standard InChI is InChI=1S/C13H17BF2N2O2/c1-11(2)12(3,4)20-14(19-11)10-7-17-9(6-18-10)8-5-13(8,15)16/h6-8H,5H2,1-4H3. The molecule has 0 spiro atoms. The average molecular weight is 282 g/mol. The van der Waals surface area contributed by atoms with Gasteiger partial charge >= 0.3 is 7.12 Å². The summed E-state index contributed by atoms with van der Waals surface area (Å²) in [7, 11) is -0.610. The molecule has 108 valence electrons. The molecule has 1 unspecified atom stereocenters. The van der Waals surface area contributed by atoms with E-state index in [1.165, 1.54) is 12.4 Å². The zero-order chi connectivity index (χ0) is 14.8. The van der Waals surface area contributed by atoms with Gasteiger partial charge in [-0.2, -0.15) is 0 Å². The fourth-order valence-electron chi connectivity index (χ4n) is 2.15. The van der Waals surface area contributed by atoms with Crippen LogP contribution in [0.3, 0.4) is 0 Å². The molecule has 0 amide bonds. The molecule has 1 aromatic heterocycles. The van der Waals surface area contributed by atoms with Crippen molar-refractivity contribution in [3.63, 3.8) is 0 Å². The minimum absolute atomic E-state index is 0.141. The Morgan fingerprint density at radius 3 is 2.05 bits per heavy atom. The largest absolute Gasteiger partial charge is 0.516 e. The Balaban J connectivity index is 1.77. The fraction of sp³-hybridized carbons (Fsp3) is 0.692. The average Bonchev–Trinajstić information content (AvgIpc) is 2.90. The molecule has 1 aliphatic carbocycles.